The Balaban J connectivity index is 1.84. The van der Waals surface area contributed by atoms with Gasteiger partial charge in [-0.1, -0.05) is 42.5 Å². The maximum absolute atomic E-state index is 13.1. The number of halogens is 1. The minimum atomic E-state index is -0.935. The highest BCUT2D eigenvalue weighted by Crippen LogP contribution is 2.08. The van der Waals surface area contributed by atoms with E-state index in [9.17, 15) is 18.8 Å². The third-order valence-corrected chi connectivity index (χ3v) is 4.10. The third kappa shape index (κ3) is 7.99. The molecule has 6 nitrogen and oxygen atoms in total. The van der Waals surface area contributed by atoms with Crippen molar-refractivity contribution in [3.8, 4) is 0 Å². The van der Waals surface area contributed by atoms with E-state index >= 15 is 0 Å². The number of hydrogen-bond acceptors (Lipinski definition) is 3. The molecule has 1 atom stereocenters. The summed E-state index contributed by atoms with van der Waals surface area (Å²) in [6, 6.07) is 14.8. The number of hydrogen-bond donors (Lipinski definition) is 3. The van der Waals surface area contributed by atoms with Crippen molar-refractivity contribution in [1.82, 2.24) is 10.6 Å². The lowest BCUT2D eigenvalue weighted by Gasteiger charge is -2.18. The Morgan fingerprint density at radius 2 is 1.68 bits per heavy atom. The van der Waals surface area contributed by atoms with E-state index in [4.69, 9.17) is 5.11 Å². The fourth-order valence-corrected chi connectivity index (χ4v) is 2.77. The SMILES string of the molecule is O=C(O)CCC(Cc1ccccc1)NC(=O)CNC(=O)Cc1cccc(F)c1. The summed E-state index contributed by atoms with van der Waals surface area (Å²) < 4.78 is 13.1. The van der Waals surface area contributed by atoms with Gasteiger partial charge in [0.15, 0.2) is 0 Å². The number of nitrogens with one attached hydrogen (secondary N) is 2. The maximum Gasteiger partial charge on any atom is 0.303 e. The van der Waals surface area contributed by atoms with E-state index in [0.29, 0.717) is 12.0 Å². The van der Waals surface area contributed by atoms with Crippen LogP contribution in [0, 0.1) is 5.82 Å². The van der Waals surface area contributed by atoms with Crippen LogP contribution in [0.3, 0.4) is 0 Å². The molecule has 0 saturated heterocycles. The number of benzene rings is 2. The molecule has 0 saturated carbocycles. The number of carbonyl (C=O) groups excluding carboxylic acids is 2. The van der Waals surface area contributed by atoms with Crippen molar-refractivity contribution >= 4 is 17.8 Å². The number of amides is 2. The molecule has 2 aromatic carbocycles. The van der Waals surface area contributed by atoms with E-state index < -0.39 is 23.6 Å². The Hall–Kier alpha value is -3.22. The maximum atomic E-state index is 13.1. The largest absolute Gasteiger partial charge is 0.481 e. The summed E-state index contributed by atoms with van der Waals surface area (Å²) in [5.74, 6) is -2.16. The lowest BCUT2D eigenvalue weighted by Crippen LogP contribution is -2.43. The van der Waals surface area contributed by atoms with Crippen LogP contribution in [0.15, 0.2) is 54.6 Å². The van der Waals surface area contributed by atoms with E-state index in [-0.39, 0.29) is 31.8 Å². The predicted molar refractivity (Wildman–Crippen MR) is 102 cm³/mol. The summed E-state index contributed by atoms with van der Waals surface area (Å²) in [4.78, 5) is 35.0. The molecule has 0 aliphatic carbocycles. The first-order chi connectivity index (χ1) is 13.4. The summed E-state index contributed by atoms with van der Waals surface area (Å²) in [7, 11) is 0. The molecular formula is C21H23FN2O4. The molecule has 148 valence electrons. The first kappa shape index (κ1) is 21.1. The summed E-state index contributed by atoms with van der Waals surface area (Å²) >= 11 is 0. The van der Waals surface area contributed by atoms with Gasteiger partial charge in [0.2, 0.25) is 11.8 Å². The first-order valence-electron chi connectivity index (χ1n) is 8.98. The lowest BCUT2D eigenvalue weighted by molar-refractivity contribution is -0.137. The van der Waals surface area contributed by atoms with Gasteiger partial charge in [-0.3, -0.25) is 14.4 Å². The van der Waals surface area contributed by atoms with Crippen LogP contribution >= 0.6 is 0 Å². The van der Waals surface area contributed by atoms with Crippen LogP contribution in [-0.2, 0) is 27.2 Å². The molecular weight excluding hydrogens is 363 g/mol. The Labute approximate surface area is 162 Å². The van der Waals surface area contributed by atoms with Crippen molar-refractivity contribution in [3.63, 3.8) is 0 Å². The van der Waals surface area contributed by atoms with Crippen LogP contribution in [0.5, 0.6) is 0 Å². The normalized spacial score (nSPS) is 11.5. The van der Waals surface area contributed by atoms with Gasteiger partial charge >= 0.3 is 5.97 Å². The number of carboxylic acids is 1. The van der Waals surface area contributed by atoms with Crippen molar-refractivity contribution in [2.24, 2.45) is 0 Å². The van der Waals surface area contributed by atoms with E-state index in [0.717, 1.165) is 5.56 Å². The van der Waals surface area contributed by atoms with Crippen LogP contribution < -0.4 is 10.6 Å². The molecule has 0 aliphatic heterocycles. The van der Waals surface area contributed by atoms with E-state index in [2.05, 4.69) is 10.6 Å². The zero-order chi connectivity index (χ0) is 20.4. The highest BCUT2D eigenvalue weighted by atomic mass is 19.1. The first-order valence-corrected chi connectivity index (χ1v) is 8.98. The molecule has 0 aromatic heterocycles. The van der Waals surface area contributed by atoms with Gasteiger partial charge in [-0.05, 0) is 36.1 Å². The molecule has 2 aromatic rings. The van der Waals surface area contributed by atoms with Crippen molar-refractivity contribution in [2.45, 2.75) is 31.7 Å². The molecule has 0 radical (unpaired) electrons. The number of rotatable bonds is 10. The van der Waals surface area contributed by atoms with Gasteiger partial charge in [-0.2, -0.15) is 0 Å². The molecule has 3 N–H and O–H groups in total. The Bertz CT molecular complexity index is 811. The molecule has 0 aliphatic rings. The summed E-state index contributed by atoms with van der Waals surface area (Å²) in [6.07, 6.45) is 0.686. The smallest absolute Gasteiger partial charge is 0.303 e. The van der Waals surface area contributed by atoms with Gasteiger partial charge in [0.25, 0.3) is 0 Å². The van der Waals surface area contributed by atoms with Gasteiger partial charge in [0, 0.05) is 12.5 Å². The lowest BCUT2D eigenvalue weighted by atomic mass is 10.0. The summed E-state index contributed by atoms with van der Waals surface area (Å²) in [5, 5.41) is 14.2. The van der Waals surface area contributed by atoms with E-state index in [1.54, 1.807) is 6.07 Å². The van der Waals surface area contributed by atoms with Gasteiger partial charge < -0.3 is 15.7 Å². The second-order valence-corrected chi connectivity index (χ2v) is 6.47. The van der Waals surface area contributed by atoms with Gasteiger partial charge in [0.1, 0.15) is 5.82 Å². The van der Waals surface area contributed by atoms with Gasteiger partial charge in [-0.15, -0.1) is 0 Å². The average molecular weight is 386 g/mol. The number of carboxylic acid groups (broad SMARTS) is 1. The zero-order valence-electron chi connectivity index (χ0n) is 15.4. The zero-order valence-corrected chi connectivity index (χ0v) is 15.4. The highest BCUT2D eigenvalue weighted by molar-refractivity contribution is 5.85. The van der Waals surface area contributed by atoms with E-state index in [1.807, 2.05) is 30.3 Å². The monoisotopic (exact) mass is 386 g/mol. The van der Waals surface area contributed by atoms with E-state index in [1.165, 1.54) is 18.2 Å². The average Bonchev–Trinajstić information content (AvgIpc) is 2.65. The minimum absolute atomic E-state index is 0.0303. The van der Waals surface area contributed by atoms with Crippen molar-refractivity contribution < 1.29 is 23.9 Å². The quantitative estimate of drug-likeness (QED) is 0.583. The van der Waals surface area contributed by atoms with Crippen molar-refractivity contribution in [3.05, 3.63) is 71.5 Å². The van der Waals surface area contributed by atoms with Crippen LogP contribution in [0.25, 0.3) is 0 Å². The summed E-state index contributed by atoms with van der Waals surface area (Å²) in [5.41, 5.74) is 1.50. The molecule has 1 unspecified atom stereocenters. The minimum Gasteiger partial charge on any atom is -0.481 e. The summed E-state index contributed by atoms with van der Waals surface area (Å²) in [6.45, 7) is -0.230. The molecule has 0 bridgehead atoms. The third-order valence-electron chi connectivity index (χ3n) is 4.10. The van der Waals surface area contributed by atoms with Gasteiger partial charge in [-0.25, -0.2) is 4.39 Å². The van der Waals surface area contributed by atoms with Crippen LogP contribution in [0.2, 0.25) is 0 Å². The Morgan fingerprint density at radius 3 is 2.36 bits per heavy atom. The molecule has 28 heavy (non-hydrogen) atoms. The standard InChI is InChI=1S/C21H23FN2O4/c22-17-8-4-7-16(11-17)13-19(25)23-14-20(26)24-18(9-10-21(27)28)12-15-5-2-1-3-6-15/h1-8,11,18H,9-10,12-14H2,(H,23,25)(H,24,26)(H,27,28). The fourth-order valence-electron chi connectivity index (χ4n) is 2.77. The second kappa shape index (κ2) is 10.8. The molecule has 2 rings (SSSR count). The number of aliphatic carboxylic acids is 1. The topological polar surface area (TPSA) is 95.5 Å². The Kier molecular flexibility index (Phi) is 8.14. The van der Waals surface area contributed by atoms with Crippen molar-refractivity contribution in [2.75, 3.05) is 6.54 Å². The van der Waals surface area contributed by atoms with Crippen LogP contribution in [0.1, 0.15) is 24.0 Å². The molecule has 2 amide bonds. The molecule has 0 fully saturated rings. The van der Waals surface area contributed by atoms with Crippen LogP contribution in [-0.4, -0.2) is 35.5 Å². The Morgan fingerprint density at radius 1 is 0.964 bits per heavy atom. The van der Waals surface area contributed by atoms with Gasteiger partial charge in [0.05, 0.1) is 13.0 Å². The molecule has 0 spiro atoms. The van der Waals surface area contributed by atoms with Crippen LogP contribution in [0.4, 0.5) is 4.39 Å². The fraction of sp³-hybridized carbons (Fsp3) is 0.286. The highest BCUT2D eigenvalue weighted by Gasteiger charge is 2.15. The molecule has 0 heterocycles. The second-order valence-electron chi connectivity index (χ2n) is 6.47. The predicted octanol–water partition coefficient (Wildman–Crippen LogP) is 2.08. The number of carbonyl (C=O) groups is 3. The molecule has 7 heteroatoms. The van der Waals surface area contributed by atoms with Crippen molar-refractivity contribution in [1.29, 1.82) is 0 Å².